The van der Waals surface area contributed by atoms with Crippen molar-refractivity contribution in [3.05, 3.63) is 42.5 Å². The number of nitrogens with zero attached hydrogens (tertiary/aromatic N) is 1. The fourth-order valence-corrected chi connectivity index (χ4v) is 3.57. The summed E-state index contributed by atoms with van der Waals surface area (Å²) in [6.07, 6.45) is 3.48. The lowest BCUT2D eigenvalue weighted by Gasteiger charge is -2.52. The number of rotatable bonds is 2. The van der Waals surface area contributed by atoms with Gasteiger partial charge in [0.1, 0.15) is 23.9 Å². The van der Waals surface area contributed by atoms with E-state index >= 15 is 0 Å². The zero-order chi connectivity index (χ0) is 14.7. The summed E-state index contributed by atoms with van der Waals surface area (Å²) in [6.45, 7) is 3.63. The molecule has 0 radical (unpaired) electrons. The van der Waals surface area contributed by atoms with Crippen LogP contribution in [0.2, 0.25) is 0 Å². The number of hydroxylamine groups is 1. The van der Waals surface area contributed by atoms with E-state index in [1.165, 1.54) is 0 Å². The van der Waals surface area contributed by atoms with Gasteiger partial charge in [-0.15, -0.1) is 0 Å². The fraction of sp³-hybridized carbons (Fsp3) is 0.500. The Morgan fingerprint density at radius 3 is 2.67 bits per heavy atom. The highest BCUT2D eigenvalue weighted by atomic mass is 16.8. The van der Waals surface area contributed by atoms with E-state index in [1.54, 1.807) is 0 Å². The van der Waals surface area contributed by atoms with Crippen molar-refractivity contribution in [1.29, 1.82) is 0 Å². The minimum atomic E-state index is -0.795. The van der Waals surface area contributed by atoms with Gasteiger partial charge in [-0.1, -0.05) is 30.4 Å². The summed E-state index contributed by atoms with van der Waals surface area (Å²) in [5.74, 6) is -0.730. The zero-order valence-electron chi connectivity index (χ0n) is 12.1. The fourth-order valence-electron chi connectivity index (χ4n) is 3.57. The predicted octanol–water partition coefficient (Wildman–Crippen LogP) is 1.63. The first-order valence-corrected chi connectivity index (χ1v) is 7.24. The van der Waals surface area contributed by atoms with Gasteiger partial charge in [0.25, 0.3) is 0 Å². The van der Waals surface area contributed by atoms with Crippen molar-refractivity contribution in [2.75, 3.05) is 11.7 Å². The van der Waals surface area contributed by atoms with Crippen LogP contribution in [0, 0.1) is 0 Å². The lowest BCUT2D eigenvalue weighted by molar-refractivity contribution is -0.177. The number of anilines is 1. The Bertz CT molecular complexity index is 573. The highest BCUT2D eigenvalue weighted by Crippen LogP contribution is 2.49. The highest BCUT2D eigenvalue weighted by molar-refractivity contribution is 5.49. The summed E-state index contributed by atoms with van der Waals surface area (Å²) in [4.78, 5) is 6.04. The van der Waals surface area contributed by atoms with Gasteiger partial charge in [0.05, 0.1) is 12.3 Å². The average molecular weight is 289 g/mol. The van der Waals surface area contributed by atoms with E-state index in [2.05, 4.69) is 0 Å². The van der Waals surface area contributed by atoms with E-state index in [1.807, 2.05) is 61.4 Å². The maximum Gasteiger partial charge on any atom is 0.164 e. The molecule has 1 aromatic carbocycles. The molecule has 3 aliphatic heterocycles. The van der Waals surface area contributed by atoms with Crippen molar-refractivity contribution in [1.82, 2.24) is 0 Å². The first-order chi connectivity index (χ1) is 10.1. The topological polar surface area (TPSA) is 51.2 Å². The summed E-state index contributed by atoms with van der Waals surface area (Å²) in [7, 11) is 0. The summed E-state index contributed by atoms with van der Waals surface area (Å²) in [5.41, 5.74) is 0.147. The van der Waals surface area contributed by atoms with Gasteiger partial charge < -0.3 is 14.6 Å². The molecule has 1 N–H and O–H groups in total. The number of hydrogen-bond donors (Lipinski definition) is 1. The second-order valence-electron chi connectivity index (χ2n) is 6.21. The Balaban J connectivity index is 1.77. The molecule has 0 aromatic heterocycles. The molecule has 1 aliphatic carbocycles. The molecule has 0 amide bonds. The lowest BCUT2D eigenvalue weighted by atomic mass is 9.79. The number of benzene rings is 1. The third-order valence-electron chi connectivity index (χ3n) is 4.36. The van der Waals surface area contributed by atoms with E-state index in [0.717, 1.165) is 5.69 Å². The molecule has 0 spiro atoms. The molecular formula is C16H19NO4. The van der Waals surface area contributed by atoms with Crippen LogP contribution in [0.3, 0.4) is 0 Å². The van der Waals surface area contributed by atoms with Crippen molar-refractivity contribution in [2.45, 2.75) is 43.5 Å². The van der Waals surface area contributed by atoms with Gasteiger partial charge in [0, 0.05) is 0 Å². The average Bonchev–Trinajstić information content (AvgIpc) is 2.82. The van der Waals surface area contributed by atoms with Crippen molar-refractivity contribution < 1.29 is 19.4 Å². The molecule has 1 aromatic rings. The maximum absolute atomic E-state index is 10.0. The van der Waals surface area contributed by atoms with E-state index in [4.69, 9.17) is 14.3 Å². The van der Waals surface area contributed by atoms with Gasteiger partial charge in [0.2, 0.25) is 0 Å². The second kappa shape index (κ2) is 4.30. The molecule has 5 heteroatoms. The van der Waals surface area contributed by atoms with Gasteiger partial charge in [-0.2, -0.15) is 0 Å². The molecule has 2 saturated heterocycles. The lowest BCUT2D eigenvalue weighted by Crippen LogP contribution is -2.70. The maximum atomic E-state index is 10.0. The SMILES string of the molecule is CC1(C)O[C@@H]2[C@@H]3C=C[C@@H](N(c4ccccc4)O3)[C@]2(CO)O1. The van der Waals surface area contributed by atoms with E-state index in [0.29, 0.717) is 0 Å². The monoisotopic (exact) mass is 289 g/mol. The van der Waals surface area contributed by atoms with Crippen LogP contribution in [-0.2, 0) is 14.3 Å². The van der Waals surface area contributed by atoms with Gasteiger partial charge in [-0.05, 0) is 26.0 Å². The quantitative estimate of drug-likeness (QED) is 0.839. The van der Waals surface area contributed by atoms with E-state index < -0.39 is 11.4 Å². The number of ether oxygens (including phenoxy) is 2. The molecule has 2 bridgehead atoms. The van der Waals surface area contributed by atoms with Crippen LogP contribution in [0.4, 0.5) is 5.69 Å². The zero-order valence-corrected chi connectivity index (χ0v) is 12.1. The Labute approximate surface area is 123 Å². The summed E-state index contributed by atoms with van der Waals surface area (Å²) >= 11 is 0. The van der Waals surface area contributed by atoms with Crippen LogP contribution in [0.15, 0.2) is 42.5 Å². The normalized spacial score (nSPS) is 39.6. The molecule has 4 atom stereocenters. The largest absolute Gasteiger partial charge is 0.393 e. The van der Waals surface area contributed by atoms with Crippen LogP contribution in [0.1, 0.15) is 13.8 Å². The molecule has 5 rings (SSSR count). The first-order valence-electron chi connectivity index (χ1n) is 7.24. The number of aliphatic hydroxyl groups is 1. The molecule has 0 saturated carbocycles. The van der Waals surface area contributed by atoms with E-state index in [-0.39, 0.29) is 24.9 Å². The highest BCUT2D eigenvalue weighted by Gasteiger charge is 2.65. The summed E-state index contributed by atoms with van der Waals surface area (Å²) in [6, 6.07) is 9.63. The van der Waals surface area contributed by atoms with Crippen molar-refractivity contribution >= 4 is 5.69 Å². The third-order valence-corrected chi connectivity index (χ3v) is 4.36. The van der Waals surface area contributed by atoms with Crippen LogP contribution in [0.5, 0.6) is 0 Å². The van der Waals surface area contributed by atoms with Crippen LogP contribution in [-0.4, -0.2) is 41.4 Å². The number of hydrogen-bond acceptors (Lipinski definition) is 5. The number of para-hydroxylation sites is 1. The van der Waals surface area contributed by atoms with Crippen LogP contribution in [0.25, 0.3) is 0 Å². The Morgan fingerprint density at radius 2 is 1.95 bits per heavy atom. The molecular weight excluding hydrogens is 270 g/mol. The Hall–Kier alpha value is -1.40. The van der Waals surface area contributed by atoms with Crippen molar-refractivity contribution in [2.24, 2.45) is 0 Å². The minimum Gasteiger partial charge on any atom is -0.393 e. The number of fused-ring (bicyclic) bond motifs is 1. The van der Waals surface area contributed by atoms with Gasteiger partial charge >= 0.3 is 0 Å². The first kappa shape index (κ1) is 13.3. The van der Waals surface area contributed by atoms with Crippen LogP contribution < -0.4 is 5.06 Å². The van der Waals surface area contributed by atoms with Gasteiger partial charge in [-0.3, -0.25) is 4.84 Å². The van der Waals surface area contributed by atoms with Gasteiger partial charge in [0.15, 0.2) is 5.79 Å². The molecule has 21 heavy (non-hydrogen) atoms. The smallest absolute Gasteiger partial charge is 0.164 e. The van der Waals surface area contributed by atoms with Crippen molar-refractivity contribution in [3.63, 3.8) is 0 Å². The predicted molar refractivity (Wildman–Crippen MR) is 76.6 cm³/mol. The molecule has 0 unspecified atom stereocenters. The Kier molecular flexibility index (Phi) is 2.72. The minimum absolute atomic E-state index is 0.112. The molecule has 112 valence electrons. The molecule has 5 nitrogen and oxygen atoms in total. The molecule has 4 aliphatic rings. The summed E-state index contributed by atoms with van der Waals surface area (Å²) < 4.78 is 12.1. The molecule has 2 fully saturated rings. The van der Waals surface area contributed by atoms with Crippen LogP contribution >= 0.6 is 0 Å². The number of aliphatic hydroxyl groups excluding tert-OH is 1. The second-order valence-corrected chi connectivity index (χ2v) is 6.21. The van der Waals surface area contributed by atoms with E-state index in [9.17, 15) is 5.11 Å². The standard InChI is InChI=1S/C16H19NO4/c1-15(2)19-14-12-8-9-13(16(14,10-18)21-15)17(20-12)11-6-4-3-5-7-11/h3-9,12-14,18H,10H2,1-2H3/t12-,13+,14+,16-/m0/s1. The third kappa shape index (κ3) is 1.78. The summed E-state index contributed by atoms with van der Waals surface area (Å²) in [5, 5.41) is 11.9. The van der Waals surface area contributed by atoms with Crippen molar-refractivity contribution in [3.8, 4) is 0 Å². The Morgan fingerprint density at radius 1 is 1.19 bits per heavy atom. The van der Waals surface area contributed by atoms with Gasteiger partial charge in [-0.25, -0.2) is 5.06 Å². The molecule has 3 heterocycles.